The number of esters is 1. The van der Waals surface area contributed by atoms with E-state index < -0.39 is 73.1 Å². The molecule has 0 aromatic carbocycles. The Kier molecular flexibility index (Phi) is 11.0. The number of amides is 1. The second kappa shape index (κ2) is 13.1. The fourth-order valence-electron chi connectivity index (χ4n) is 4.08. The summed E-state index contributed by atoms with van der Waals surface area (Å²) in [4.78, 5) is 24.4. The molecule has 10 atom stereocenters. The van der Waals surface area contributed by atoms with Gasteiger partial charge in [-0.1, -0.05) is 20.4 Å². The van der Waals surface area contributed by atoms with E-state index in [9.17, 15) is 30.0 Å². The van der Waals surface area contributed by atoms with Crippen LogP contribution < -0.4 is 5.32 Å². The summed E-state index contributed by atoms with van der Waals surface area (Å²) < 4.78 is 27.3. The first-order valence-electron chi connectivity index (χ1n) is 11.7. The van der Waals surface area contributed by atoms with Crippen LogP contribution in [0.4, 0.5) is 0 Å². The smallest absolute Gasteiger partial charge is 0.333 e. The van der Waals surface area contributed by atoms with Crippen molar-refractivity contribution in [2.24, 2.45) is 5.92 Å². The molecule has 2 fully saturated rings. The molecule has 202 valence electrons. The van der Waals surface area contributed by atoms with Crippen molar-refractivity contribution in [3.05, 3.63) is 12.2 Å². The predicted octanol–water partition coefficient (Wildman–Crippen LogP) is -1.38. The maximum absolute atomic E-state index is 13.0. The molecule has 0 aromatic rings. The molecule has 0 aromatic heterocycles. The fourth-order valence-corrected chi connectivity index (χ4v) is 4.08. The highest BCUT2D eigenvalue weighted by atomic mass is 16.7. The van der Waals surface area contributed by atoms with E-state index in [0.29, 0.717) is 6.42 Å². The largest absolute Gasteiger partial charge is 0.462 e. The van der Waals surface area contributed by atoms with E-state index in [1.54, 1.807) is 20.8 Å². The number of ether oxygens (including phenoxy) is 5. The van der Waals surface area contributed by atoms with Crippen LogP contribution in [0.25, 0.3) is 0 Å². The van der Waals surface area contributed by atoms with Crippen LogP contribution >= 0.6 is 0 Å². The SMILES string of the molecule is C=C(C)C(=O)OCCCNC(=O)C1OC(C(C)C)C(O)C(O)C1OC1OC(C)C(OC)C(O)C1O. The molecule has 0 bridgehead atoms. The molecule has 0 aliphatic carbocycles. The van der Waals surface area contributed by atoms with Crippen LogP contribution in [-0.2, 0) is 33.3 Å². The third-order valence-corrected chi connectivity index (χ3v) is 6.08. The average Bonchev–Trinajstić information content (AvgIpc) is 2.79. The van der Waals surface area contributed by atoms with Crippen molar-refractivity contribution in [2.45, 2.75) is 95.3 Å². The van der Waals surface area contributed by atoms with Gasteiger partial charge in [0.05, 0.1) is 18.8 Å². The number of carbonyl (C=O) groups is 2. The van der Waals surface area contributed by atoms with Crippen molar-refractivity contribution < 1.29 is 53.7 Å². The maximum Gasteiger partial charge on any atom is 0.333 e. The zero-order valence-corrected chi connectivity index (χ0v) is 20.8. The maximum atomic E-state index is 13.0. The number of hydrogen-bond acceptors (Lipinski definition) is 11. The summed E-state index contributed by atoms with van der Waals surface area (Å²) in [7, 11) is 1.36. The van der Waals surface area contributed by atoms with Crippen LogP contribution in [0.1, 0.15) is 34.1 Å². The van der Waals surface area contributed by atoms with E-state index in [1.165, 1.54) is 14.0 Å². The highest BCUT2D eigenvalue weighted by Gasteiger charge is 2.52. The monoisotopic (exact) mass is 505 g/mol. The lowest BCUT2D eigenvalue weighted by molar-refractivity contribution is -0.336. The molecule has 1 amide bonds. The predicted molar refractivity (Wildman–Crippen MR) is 121 cm³/mol. The molecular weight excluding hydrogens is 466 g/mol. The van der Waals surface area contributed by atoms with Crippen LogP contribution in [0, 0.1) is 5.92 Å². The molecule has 2 saturated heterocycles. The molecule has 2 rings (SSSR count). The van der Waals surface area contributed by atoms with Crippen LogP contribution in [0.2, 0.25) is 0 Å². The molecule has 0 saturated carbocycles. The summed E-state index contributed by atoms with van der Waals surface area (Å²) >= 11 is 0. The number of aliphatic hydroxyl groups is 4. The number of carbonyl (C=O) groups excluding carboxylic acids is 2. The van der Waals surface area contributed by atoms with Gasteiger partial charge in [0.2, 0.25) is 0 Å². The number of aliphatic hydroxyl groups excluding tert-OH is 4. The Labute approximate surface area is 205 Å². The van der Waals surface area contributed by atoms with Crippen LogP contribution in [0.5, 0.6) is 0 Å². The van der Waals surface area contributed by atoms with Gasteiger partial charge in [-0.25, -0.2) is 4.79 Å². The molecular formula is C23H39NO11. The second-order valence-electron chi connectivity index (χ2n) is 9.30. The van der Waals surface area contributed by atoms with Crippen LogP contribution in [0.3, 0.4) is 0 Å². The van der Waals surface area contributed by atoms with E-state index in [1.807, 2.05) is 0 Å². The van der Waals surface area contributed by atoms with Crippen molar-refractivity contribution in [1.82, 2.24) is 5.32 Å². The van der Waals surface area contributed by atoms with Crippen molar-refractivity contribution in [3.8, 4) is 0 Å². The zero-order valence-electron chi connectivity index (χ0n) is 20.8. The van der Waals surface area contributed by atoms with Crippen molar-refractivity contribution in [3.63, 3.8) is 0 Å². The van der Waals surface area contributed by atoms with E-state index in [4.69, 9.17) is 23.7 Å². The summed E-state index contributed by atoms with van der Waals surface area (Å²) in [5.41, 5.74) is 0.264. The highest BCUT2D eigenvalue weighted by Crippen LogP contribution is 2.31. The standard InChI is InChI=1S/C23H39NO11/c1-10(2)17-13(25)14(26)19(35-23-16(28)15(27)18(31-6)12(5)33-23)20(34-17)21(29)24-8-7-9-32-22(30)11(3)4/h10,12-20,23,25-28H,3,7-9H2,1-2,4-6H3,(H,24,29). The molecule has 35 heavy (non-hydrogen) atoms. The zero-order chi connectivity index (χ0) is 26.4. The van der Waals surface area contributed by atoms with Gasteiger partial charge >= 0.3 is 5.97 Å². The van der Waals surface area contributed by atoms with Gasteiger partial charge in [0.1, 0.15) is 36.6 Å². The van der Waals surface area contributed by atoms with E-state index >= 15 is 0 Å². The molecule has 10 unspecified atom stereocenters. The van der Waals surface area contributed by atoms with Gasteiger partial charge in [0.15, 0.2) is 12.4 Å². The Morgan fingerprint density at radius 2 is 1.66 bits per heavy atom. The average molecular weight is 506 g/mol. The van der Waals surface area contributed by atoms with Gasteiger partial charge < -0.3 is 49.4 Å². The van der Waals surface area contributed by atoms with Crippen molar-refractivity contribution in [1.29, 1.82) is 0 Å². The molecule has 0 spiro atoms. The summed E-state index contributed by atoms with van der Waals surface area (Å²) in [6.45, 7) is 10.4. The summed E-state index contributed by atoms with van der Waals surface area (Å²) in [6, 6.07) is 0. The summed E-state index contributed by atoms with van der Waals surface area (Å²) in [6.07, 6.45) is -12.1. The van der Waals surface area contributed by atoms with E-state index in [0.717, 1.165) is 0 Å². The summed E-state index contributed by atoms with van der Waals surface area (Å²) in [5.74, 6) is -1.40. The lowest BCUT2D eigenvalue weighted by atomic mass is 9.88. The van der Waals surface area contributed by atoms with E-state index in [-0.39, 0.29) is 24.6 Å². The summed E-state index contributed by atoms with van der Waals surface area (Å²) in [5, 5.41) is 44.9. The van der Waals surface area contributed by atoms with Gasteiger partial charge in [-0.2, -0.15) is 0 Å². The Balaban J connectivity index is 2.10. The first kappa shape index (κ1) is 29.6. The minimum atomic E-state index is -1.55. The number of nitrogens with one attached hydrogen (secondary N) is 1. The molecule has 12 heteroatoms. The Bertz CT molecular complexity index is 732. The van der Waals surface area contributed by atoms with Gasteiger partial charge in [0.25, 0.3) is 5.91 Å². The first-order valence-corrected chi connectivity index (χ1v) is 11.7. The van der Waals surface area contributed by atoms with Crippen LogP contribution in [-0.4, -0.2) is 114 Å². The molecule has 12 nitrogen and oxygen atoms in total. The minimum Gasteiger partial charge on any atom is -0.462 e. The molecule has 2 aliphatic heterocycles. The van der Waals surface area contributed by atoms with Gasteiger partial charge in [-0.15, -0.1) is 0 Å². The molecule has 2 heterocycles. The van der Waals surface area contributed by atoms with Crippen molar-refractivity contribution >= 4 is 11.9 Å². The quantitative estimate of drug-likeness (QED) is 0.135. The van der Waals surface area contributed by atoms with Crippen LogP contribution in [0.15, 0.2) is 12.2 Å². The fraction of sp³-hybridized carbons (Fsp3) is 0.826. The number of rotatable bonds is 10. The topological polar surface area (TPSA) is 173 Å². The number of hydrogen-bond donors (Lipinski definition) is 5. The third-order valence-electron chi connectivity index (χ3n) is 6.08. The van der Waals surface area contributed by atoms with Crippen molar-refractivity contribution in [2.75, 3.05) is 20.3 Å². The normalized spacial score (nSPS) is 37.7. The Morgan fingerprint density at radius 1 is 1.03 bits per heavy atom. The Hall–Kier alpha value is -1.64. The lowest BCUT2D eigenvalue weighted by Crippen LogP contribution is -2.66. The first-order chi connectivity index (χ1) is 16.4. The van der Waals surface area contributed by atoms with Gasteiger partial charge in [0, 0.05) is 19.2 Å². The Morgan fingerprint density at radius 3 is 2.23 bits per heavy atom. The van der Waals surface area contributed by atoms with Gasteiger partial charge in [-0.05, 0) is 26.2 Å². The number of methoxy groups -OCH3 is 1. The third kappa shape index (κ3) is 7.20. The minimum absolute atomic E-state index is 0.0614. The van der Waals surface area contributed by atoms with Gasteiger partial charge in [-0.3, -0.25) is 4.79 Å². The molecule has 0 radical (unpaired) electrons. The highest BCUT2D eigenvalue weighted by molar-refractivity contribution is 5.86. The second-order valence-corrected chi connectivity index (χ2v) is 9.30. The van der Waals surface area contributed by atoms with E-state index in [2.05, 4.69) is 11.9 Å². The molecule has 2 aliphatic rings. The molecule has 5 N–H and O–H groups in total. The lowest BCUT2D eigenvalue weighted by Gasteiger charge is -2.47.